The van der Waals surface area contributed by atoms with Crippen LogP contribution in [-0.4, -0.2) is 40.8 Å². The second kappa shape index (κ2) is 7.15. The summed E-state index contributed by atoms with van der Waals surface area (Å²) >= 11 is 0. The van der Waals surface area contributed by atoms with Gasteiger partial charge in [0.15, 0.2) is 0 Å². The van der Waals surface area contributed by atoms with E-state index >= 15 is 0 Å². The van der Waals surface area contributed by atoms with E-state index in [-0.39, 0.29) is 12.1 Å². The summed E-state index contributed by atoms with van der Waals surface area (Å²) in [5.41, 5.74) is 0.495. The fraction of sp³-hybridized carbons (Fsp3) is 0.706. The molecule has 23 heavy (non-hydrogen) atoms. The Morgan fingerprint density at radius 1 is 1.48 bits per heavy atom. The summed E-state index contributed by atoms with van der Waals surface area (Å²) in [5, 5.41) is 2.96. The number of rotatable bonds is 3. The van der Waals surface area contributed by atoms with Crippen molar-refractivity contribution in [1.82, 2.24) is 15.3 Å². The molecule has 0 radical (unpaired) electrons. The van der Waals surface area contributed by atoms with Crippen LogP contribution in [0.5, 0.6) is 0 Å². The Balaban J connectivity index is 1.94. The number of ether oxygens (including phenoxy) is 1. The average molecular weight is 320 g/mol. The number of carbonyl (C=O) groups excluding carboxylic acids is 1. The monoisotopic (exact) mass is 320 g/mol. The van der Waals surface area contributed by atoms with Crippen molar-refractivity contribution in [2.24, 2.45) is 5.92 Å². The van der Waals surface area contributed by atoms with Crippen LogP contribution in [-0.2, 0) is 4.74 Å². The summed E-state index contributed by atoms with van der Waals surface area (Å²) < 4.78 is 5.34. The predicted molar refractivity (Wildman–Crippen MR) is 90.5 cm³/mol. The molecule has 1 N–H and O–H groups in total. The van der Waals surface area contributed by atoms with Gasteiger partial charge in [-0.1, -0.05) is 0 Å². The molecular weight excluding hydrogens is 292 g/mol. The van der Waals surface area contributed by atoms with Crippen molar-refractivity contribution in [3.8, 4) is 0 Å². The van der Waals surface area contributed by atoms with Crippen LogP contribution in [0.4, 0.5) is 10.7 Å². The van der Waals surface area contributed by atoms with Crippen LogP contribution >= 0.6 is 0 Å². The Morgan fingerprint density at radius 3 is 2.87 bits per heavy atom. The maximum atomic E-state index is 11.9. The second-order valence-corrected chi connectivity index (χ2v) is 7.28. The molecule has 6 nitrogen and oxygen atoms in total. The molecule has 1 aliphatic rings. The number of carbonyl (C=O) groups is 1. The van der Waals surface area contributed by atoms with Crippen LogP contribution in [0.25, 0.3) is 0 Å². The summed E-state index contributed by atoms with van der Waals surface area (Å²) in [6.45, 7) is 11.4. The van der Waals surface area contributed by atoms with Gasteiger partial charge in [0.2, 0.25) is 5.95 Å². The number of aromatic nitrogens is 2. The number of alkyl carbamates (subject to hydrolysis) is 1. The molecule has 1 aliphatic heterocycles. The molecule has 1 aromatic rings. The highest BCUT2D eigenvalue weighted by atomic mass is 16.6. The first kappa shape index (κ1) is 17.5. The maximum absolute atomic E-state index is 11.9. The van der Waals surface area contributed by atoms with Gasteiger partial charge in [-0.25, -0.2) is 14.8 Å². The number of amides is 1. The van der Waals surface area contributed by atoms with Gasteiger partial charge in [-0.05, 0) is 59.4 Å². The van der Waals surface area contributed by atoms with Crippen LogP contribution in [0.3, 0.4) is 0 Å². The number of nitrogens with one attached hydrogen (secondary N) is 1. The molecule has 0 aromatic carbocycles. The van der Waals surface area contributed by atoms with E-state index in [2.05, 4.69) is 20.2 Å². The first-order chi connectivity index (χ1) is 10.7. The molecule has 2 rings (SSSR count). The number of hydrogen-bond donors (Lipinski definition) is 1. The third-order valence-electron chi connectivity index (χ3n) is 3.97. The van der Waals surface area contributed by atoms with Crippen molar-refractivity contribution in [1.29, 1.82) is 0 Å². The van der Waals surface area contributed by atoms with E-state index in [4.69, 9.17) is 4.74 Å². The van der Waals surface area contributed by atoms with Gasteiger partial charge >= 0.3 is 6.09 Å². The van der Waals surface area contributed by atoms with Crippen molar-refractivity contribution >= 4 is 12.0 Å². The fourth-order valence-electron chi connectivity index (χ4n) is 2.80. The standard InChI is InChI=1S/C17H28N4O2/c1-12-8-9-18-15(19-12)21-10-6-7-14(11-21)13(2)20-16(22)23-17(3,4)5/h8-9,13-14H,6-7,10-11H2,1-5H3,(H,20,22)/t13-,14+/m0/s1. The SMILES string of the molecule is Cc1ccnc(N2CCC[C@@H]([C@H](C)NC(=O)OC(C)(C)C)C2)n1. The van der Waals surface area contributed by atoms with Gasteiger partial charge in [0.1, 0.15) is 5.60 Å². The minimum atomic E-state index is -0.474. The van der Waals surface area contributed by atoms with E-state index in [0.29, 0.717) is 5.92 Å². The van der Waals surface area contributed by atoms with Crippen molar-refractivity contribution in [2.75, 3.05) is 18.0 Å². The Kier molecular flexibility index (Phi) is 5.44. The molecular formula is C17H28N4O2. The van der Waals surface area contributed by atoms with E-state index in [9.17, 15) is 4.79 Å². The smallest absolute Gasteiger partial charge is 0.407 e. The molecule has 1 aromatic heterocycles. The lowest BCUT2D eigenvalue weighted by Gasteiger charge is -2.36. The van der Waals surface area contributed by atoms with Crippen molar-refractivity contribution < 1.29 is 9.53 Å². The first-order valence-electron chi connectivity index (χ1n) is 8.29. The number of anilines is 1. The van der Waals surface area contributed by atoms with Crippen molar-refractivity contribution in [3.63, 3.8) is 0 Å². The van der Waals surface area contributed by atoms with Gasteiger partial charge in [0, 0.05) is 31.0 Å². The Bertz CT molecular complexity index is 542. The molecule has 6 heteroatoms. The molecule has 0 aliphatic carbocycles. The van der Waals surface area contributed by atoms with E-state index in [0.717, 1.165) is 37.6 Å². The average Bonchev–Trinajstić information content (AvgIpc) is 2.45. The lowest BCUT2D eigenvalue weighted by atomic mass is 9.92. The number of aryl methyl sites for hydroxylation is 1. The lowest BCUT2D eigenvalue weighted by molar-refractivity contribution is 0.0489. The van der Waals surface area contributed by atoms with E-state index in [1.54, 1.807) is 6.20 Å². The molecule has 0 spiro atoms. The first-order valence-corrected chi connectivity index (χ1v) is 8.29. The molecule has 128 valence electrons. The number of nitrogens with zero attached hydrogens (tertiary/aromatic N) is 3. The highest BCUT2D eigenvalue weighted by Crippen LogP contribution is 2.23. The van der Waals surface area contributed by atoms with E-state index in [1.807, 2.05) is 40.7 Å². The normalized spacial score (nSPS) is 20.0. The molecule has 1 saturated heterocycles. The number of piperidine rings is 1. The van der Waals surface area contributed by atoms with Gasteiger partial charge in [-0.15, -0.1) is 0 Å². The Labute approximate surface area is 138 Å². The lowest BCUT2D eigenvalue weighted by Crippen LogP contribution is -2.47. The summed E-state index contributed by atoms with van der Waals surface area (Å²) in [7, 11) is 0. The molecule has 1 fully saturated rings. The summed E-state index contributed by atoms with van der Waals surface area (Å²) in [4.78, 5) is 23.0. The summed E-state index contributed by atoms with van der Waals surface area (Å²) in [6, 6.07) is 1.95. The topological polar surface area (TPSA) is 67.4 Å². The van der Waals surface area contributed by atoms with Crippen molar-refractivity contribution in [2.45, 2.75) is 59.1 Å². The van der Waals surface area contributed by atoms with Gasteiger partial charge in [-0.2, -0.15) is 0 Å². The molecule has 0 unspecified atom stereocenters. The molecule has 2 atom stereocenters. The second-order valence-electron chi connectivity index (χ2n) is 7.28. The molecule has 0 saturated carbocycles. The third kappa shape index (κ3) is 5.37. The summed E-state index contributed by atoms with van der Waals surface area (Å²) in [5.74, 6) is 1.14. The molecule has 0 bridgehead atoms. The minimum absolute atomic E-state index is 0.0532. The van der Waals surface area contributed by atoms with Crippen LogP contribution in [0.1, 0.15) is 46.2 Å². The van der Waals surface area contributed by atoms with E-state index in [1.165, 1.54) is 0 Å². The van der Waals surface area contributed by atoms with Crippen molar-refractivity contribution in [3.05, 3.63) is 18.0 Å². The van der Waals surface area contributed by atoms with Crippen LogP contribution in [0.2, 0.25) is 0 Å². The van der Waals surface area contributed by atoms with Gasteiger partial charge in [0.25, 0.3) is 0 Å². The summed E-state index contributed by atoms with van der Waals surface area (Å²) in [6.07, 6.45) is 3.60. The largest absolute Gasteiger partial charge is 0.444 e. The van der Waals surface area contributed by atoms with Gasteiger partial charge in [-0.3, -0.25) is 0 Å². The fourth-order valence-corrected chi connectivity index (χ4v) is 2.80. The van der Waals surface area contributed by atoms with Crippen LogP contribution < -0.4 is 10.2 Å². The zero-order valence-electron chi connectivity index (χ0n) is 14.8. The quantitative estimate of drug-likeness (QED) is 0.927. The minimum Gasteiger partial charge on any atom is -0.444 e. The van der Waals surface area contributed by atoms with Gasteiger partial charge < -0.3 is 15.0 Å². The zero-order valence-corrected chi connectivity index (χ0v) is 14.8. The molecule has 2 heterocycles. The zero-order chi connectivity index (χ0) is 17.0. The van der Waals surface area contributed by atoms with Gasteiger partial charge in [0.05, 0.1) is 0 Å². The maximum Gasteiger partial charge on any atom is 0.407 e. The highest BCUT2D eigenvalue weighted by molar-refractivity contribution is 5.68. The Morgan fingerprint density at radius 2 is 2.22 bits per heavy atom. The van der Waals surface area contributed by atoms with E-state index < -0.39 is 5.60 Å². The molecule has 1 amide bonds. The highest BCUT2D eigenvalue weighted by Gasteiger charge is 2.28. The third-order valence-corrected chi connectivity index (χ3v) is 3.97. The number of hydrogen-bond acceptors (Lipinski definition) is 5. The van der Waals surface area contributed by atoms with Crippen LogP contribution in [0.15, 0.2) is 12.3 Å². The Hall–Kier alpha value is -1.85. The van der Waals surface area contributed by atoms with Crippen LogP contribution in [0, 0.1) is 12.8 Å². The predicted octanol–water partition coefficient (Wildman–Crippen LogP) is 2.91.